The van der Waals surface area contributed by atoms with Crippen LogP contribution in [0.4, 0.5) is 0 Å². The molecule has 0 aromatic carbocycles. The number of quaternary nitrogens is 1. The molecule has 0 spiro atoms. The van der Waals surface area contributed by atoms with Crippen LogP contribution in [0.1, 0.15) is 117 Å². The van der Waals surface area contributed by atoms with Crippen LogP contribution in [-0.2, 0) is 0 Å². The van der Waals surface area contributed by atoms with Crippen molar-refractivity contribution in [2.45, 2.75) is 117 Å². The SMILES string of the molecule is CCCCCCCCCCCCCCCCCC[N+](C)(CC)CCO. The molecule has 0 aliphatic heterocycles. The van der Waals surface area contributed by atoms with Gasteiger partial charge in [-0.3, -0.25) is 0 Å². The third kappa shape index (κ3) is 17.1. The summed E-state index contributed by atoms with van der Waals surface area (Å²) in [5, 5.41) is 9.15. The summed E-state index contributed by atoms with van der Waals surface area (Å²) in [5.41, 5.74) is 0. The Morgan fingerprint density at radius 1 is 0.520 bits per heavy atom. The van der Waals surface area contributed by atoms with Gasteiger partial charge in [0.25, 0.3) is 0 Å². The van der Waals surface area contributed by atoms with Crippen molar-refractivity contribution in [3.05, 3.63) is 0 Å². The van der Waals surface area contributed by atoms with Crippen molar-refractivity contribution in [1.29, 1.82) is 0 Å². The molecule has 0 fully saturated rings. The van der Waals surface area contributed by atoms with E-state index < -0.39 is 0 Å². The first-order valence-electron chi connectivity index (χ1n) is 11.6. The van der Waals surface area contributed by atoms with Crippen molar-refractivity contribution >= 4 is 0 Å². The lowest BCUT2D eigenvalue weighted by molar-refractivity contribution is -0.908. The Balaban J connectivity index is 3.19. The van der Waals surface area contributed by atoms with Crippen LogP contribution >= 0.6 is 0 Å². The molecule has 0 saturated heterocycles. The molecular weight excluding hydrogens is 306 g/mol. The van der Waals surface area contributed by atoms with E-state index in [4.69, 9.17) is 5.11 Å². The molecule has 1 atom stereocenters. The summed E-state index contributed by atoms with van der Waals surface area (Å²) in [7, 11) is 2.28. The molecule has 2 nitrogen and oxygen atoms in total. The van der Waals surface area contributed by atoms with Gasteiger partial charge >= 0.3 is 0 Å². The average Bonchev–Trinajstić information content (AvgIpc) is 2.61. The largest absolute Gasteiger partial charge is 0.391 e. The van der Waals surface area contributed by atoms with Gasteiger partial charge in [0.05, 0.1) is 26.7 Å². The Morgan fingerprint density at radius 2 is 0.880 bits per heavy atom. The molecule has 1 N–H and O–H groups in total. The van der Waals surface area contributed by atoms with Gasteiger partial charge < -0.3 is 9.59 Å². The van der Waals surface area contributed by atoms with Gasteiger partial charge in [0.2, 0.25) is 0 Å². The van der Waals surface area contributed by atoms with Crippen LogP contribution in [0.3, 0.4) is 0 Å². The topological polar surface area (TPSA) is 20.2 Å². The summed E-state index contributed by atoms with van der Waals surface area (Å²) in [6.45, 7) is 8.13. The predicted molar refractivity (Wildman–Crippen MR) is 113 cm³/mol. The molecule has 0 radical (unpaired) electrons. The van der Waals surface area contributed by atoms with Crippen LogP contribution in [0.15, 0.2) is 0 Å². The molecule has 25 heavy (non-hydrogen) atoms. The molecular formula is C23H50NO+. The zero-order valence-electron chi connectivity index (χ0n) is 18.0. The van der Waals surface area contributed by atoms with Gasteiger partial charge in [-0.15, -0.1) is 0 Å². The molecule has 0 rings (SSSR count). The maximum absolute atomic E-state index is 9.15. The molecule has 0 heterocycles. The van der Waals surface area contributed by atoms with Gasteiger partial charge in [0, 0.05) is 0 Å². The Hall–Kier alpha value is -0.0800. The Bertz CT molecular complexity index is 256. The molecule has 0 aliphatic rings. The lowest BCUT2D eigenvalue weighted by Gasteiger charge is -2.32. The zero-order valence-corrected chi connectivity index (χ0v) is 18.0. The highest BCUT2D eigenvalue weighted by Gasteiger charge is 2.17. The van der Waals surface area contributed by atoms with E-state index in [9.17, 15) is 0 Å². The second-order valence-electron chi connectivity index (χ2n) is 8.41. The third-order valence-electron chi connectivity index (χ3n) is 5.95. The van der Waals surface area contributed by atoms with Crippen molar-refractivity contribution in [2.24, 2.45) is 0 Å². The number of unbranched alkanes of at least 4 members (excludes halogenated alkanes) is 15. The van der Waals surface area contributed by atoms with Gasteiger partial charge in [-0.1, -0.05) is 96.8 Å². The van der Waals surface area contributed by atoms with Crippen LogP contribution in [0.25, 0.3) is 0 Å². The van der Waals surface area contributed by atoms with Gasteiger partial charge in [-0.25, -0.2) is 0 Å². The summed E-state index contributed by atoms with van der Waals surface area (Å²) >= 11 is 0. The molecule has 152 valence electrons. The first-order chi connectivity index (χ1) is 12.2. The molecule has 0 aromatic rings. The lowest BCUT2D eigenvalue weighted by Crippen LogP contribution is -2.46. The van der Waals surface area contributed by atoms with E-state index in [1.54, 1.807) is 0 Å². The Labute approximate surface area is 160 Å². The lowest BCUT2D eigenvalue weighted by atomic mass is 10.0. The summed E-state index contributed by atoms with van der Waals surface area (Å²) in [6, 6.07) is 0. The van der Waals surface area contributed by atoms with Crippen LogP contribution in [-0.4, -0.2) is 42.9 Å². The van der Waals surface area contributed by atoms with Crippen LogP contribution in [0.2, 0.25) is 0 Å². The maximum atomic E-state index is 9.15. The molecule has 0 amide bonds. The fourth-order valence-corrected chi connectivity index (χ4v) is 3.71. The smallest absolute Gasteiger partial charge is 0.102 e. The minimum Gasteiger partial charge on any atom is -0.391 e. The van der Waals surface area contributed by atoms with E-state index in [0.29, 0.717) is 6.61 Å². The quantitative estimate of drug-likeness (QED) is 0.190. The highest BCUT2D eigenvalue weighted by molar-refractivity contribution is 4.50. The molecule has 0 aromatic heterocycles. The molecule has 0 bridgehead atoms. The fourth-order valence-electron chi connectivity index (χ4n) is 3.71. The fraction of sp³-hybridized carbons (Fsp3) is 1.00. The summed E-state index contributed by atoms with van der Waals surface area (Å²) in [6.07, 6.45) is 22.9. The van der Waals surface area contributed by atoms with Crippen molar-refractivity contribution in [3.8, 4) is 0 Å². The monoisotopic (exact) mass is 356 g/mol. The van der Waals surface area contributed by atoms with Crippen LogP contribution < -0.4 is 0 Å². The molecule has 0 saturated carbocycles. The van der Waals surface area contributed by atoms with E-state index in [0.717, 1.165) is 17.6 Å². The third-order valence-corrected chi connectivity index (χ3v) is 5.95. The molecule has 1 unspecified atom stereocenters. The zero-order chi connectivity index (χ0) is 18.6. The minimum atomic E-state index is 0.323. The number of aliphatic hydroxyl groups excluding tert-OH is 1. The van der Waals surface area contributed by atoms with Crippen LogP contribution in [0, 0.1) is 0 Å². The summed E-state index contributed by atoms with van der Waals surface area (Å²) in [4.78, 5) is 0. The Kier molecular flexibility index (Phi) is 18.6. The molecule has 0 aliphatic carbocycles. The second kappa shape index (κ2) is 18.7. The Morgan fingerprint density at radius 3 is 1.20 bits per heavy atom. The average molecular weight is 357 g/mol. The van der Waals surface area contributed by atoms with E-state index in [1.807, 2.05) is 0 Å². The first-order valence-corrected chi connectivity index (χ1v) is 11.6. The van der Waals surface area contributed by atoms with Crippen LogP contribution in [0.5, 0.6) is 0 Å². The normalized spacial score (nSPS) is 13.9. The van der Waals surface area contributed by atoms with Crippen molar-refractivity contribution in [1.82, 2.24) is 0 Å². The van der Waals surface area contributed by atoms with Crippen molar-refractivity contribution in [2.75, 3.05) is 33.3 Å². The standard InChI is InChI=1S/C23H50NO/c1-4-6-7-8-9-10-11-12-13-14-15-16-17-18-19-20-21-24(3,5-2)22-23-25/h25H,4-23H2,1-3H3/q+1. The predicted octanol–water partition coefficient (Wildman–Crippen LogP) is 6.71. The van der Waals surface area contributed by atoms with Crippen molar-refractivity contribution in [3.63, 3.8) is 0 Å². The van der Waals surface area contributed by atoms with Crippen molar-refractivity contribution < 1.29 is 9.59 Å². The van der Waals surface area contributed by atoms with E-state index in [-0.39, 0.29) is 0 Å². The summed E-state index contributed by atoms with van der Waals surface area (Å²) in [5.74, 6) is 0. The van der Waals surface area contributed by atoms with E-state index >= 15 is 0 Å². The van der Waals surface area contributed by atoms with Gasteiger partial charge in [-0.2, -0.15) is 0 Å². The number of aliphatic hydroxyl groups is 1. The maximum Gasteiger partial charge on any atom is 0.102 e. The van der Waals surface area contributed by atoms with Gasteiger partial charge in [0.15, 0.2) is 0 Å². The number of rotatable bonds is 20. The highest BCUT2D eigenvalue weighted by atomic mass is 16.3. The van der Waals surface area contributed by atoms with Gasteiger partial charge in [-0.05, 0) is 19.8 Å². The highest BCUT2D eigenvalue weighted by Crippen LogP contribution is 2.14. The van der Waals surface area contributed by atoms with E-state index in [1.165, 1.54) is 109 Å². The van der Waals surface area contributed by atoms with Gasteiger partial charge in [0.1, 0.15) is 6.54 Å². The van der Waals surface area contributed by atoms with E-state index in [2.05, 4.69) is 20.9 Å². The molecule has 2 heteroatoms. The number of nitrogens with zero attached hydrogens (tertiary/aromatic N) is 1. The number of hydrogen-bond acceptors (Lipinski definition) is 1. The summed E-state index contributed by atoms with van der Waals surface area (Å²) < 4.78 is 1.04. The number of likely N-dealkylation sites (N-methyl/N-ethyl adjacent to an activating group) is 1. The second-order valence-corrected chi connectivity index (χ2v) is 8.41. The number of hydrogen-bond donors (Lipinski definition) is 1. The first kappa shape index (κ1) is 24.9. The minimum absolute atomic E-state index is 0.323.